The highest BCUT2D eigenvalue weighted by Gasteiger charge is 2.14. The van der Waals surface area contributed by atoms with Crippen LogP contribution in [0.15, 0.2) is 59.0 Å². The van der Waals surface area contributed by atoms with Crippen LogP contribution in [0.3, 0.4) is 0 Å². The van der Waals surface area contributed by atoms with Crippen molar-refractivity contribution in [2.75, 3.05) is 5.32 Å². The van der Waals surface area contributed by atoms with Gasteiger partial charge in [-0.05, 0) is 49.2 Å². The van der Waals surface area contributed by atoms with Crippen molar-refractivity contribution in [3.63, 3.8) is 0 Å². The number of nitrogens with zero attached hydrogens (tertiary/aromatic N) is 1. The van der Waals surface area contributed by atoms with Crippen LogP contribution >= 0.6 is 0 Å². The van der Waals surface area contributed by atoms with E-state index in [-0.39, 0.29) is 17.4 Å². The van der Waals surface area contributed by atoms with Crippen LogP contribution < -0.4 is 5.32 Å². The predicted molar refractivity (Wildman–Crippen MR) is 94.7 cm³/mol. The zero-order valence-corrected chi connectivity index (χ0v) is 13.8. The molecule has 0 radical (unpaired) electrons. The van der Waals surface area contributed by atoms with Gasteiger partial charge in [-0.15, -0.1) is 0 Å². The summed E-state index contributed by atoms with van der Waals surface area (Å²) < 4.78 is 5.56. The van der Waals surface area contributed by atoms with E-state index in [0.29, 0.717) is 17.0 Å². The number of hydrogen-bond donors (Lipinski definition) is 1. The lowest BCUT2D eigenvalue weighted by Gasteiger charge is -2.06. The van der Waals surface area contributed by atoms with Crippen LogP contribution in [0.1, 0.15) is 21.7 Å². The number of nitro benzene ring substituents is 1. The molecule has 25 heavy (non-hydrogen) atoms. The van der Waals surface area contributed by atoms with Gasteiger partial charge in [0.25, 0.3) is 11.6 Å². The van der Waals surface area contributed by atoms with Crippen molar-refractivity contribution < 1.29 is 14.1 Å². The van der Waals surface area contributed by atoms with Crippen LogP contribution in [0.4, 0.5) is 11.4 Å². The molecule has 1 aromatic heterocycles. The number of hydrogen-bond acceptors (Lipinski definition) is 4. The van der Waals surface area contributed by atoms with Gasteiger partial charge in [-0.1, -0.05) is 18.2 Å². The number of benzene rings is 2. The Balaban J connectivity index is 1.82. The number of aryl methyl sites for hydroxylation is 2. The van der Waals surface area contributed by atoms with Gasteiger partial charge in [-0.2, -0.15) is 0 Å². The van der Waals surface area contributed by atoms with E-state index in [1.165, 1.54) is 12.1 Å². The zero-order valence-electron chi connectivity index (χ0n) is 13.8. The van der Waals surface area contributed by atoms with Gasteiger partial charge in [0.1, 0.15) is 5.76 Å². The molecule has 1 amide bonds. The first-order valence-electron chi connectivity index (χ1n) is 7.67. The molecule has 1 heterocycles. The first-order chi connectivity index (χ1) is 11.9. The number of rotatable bonds is 4. The van der Waals surface area contributed by atoms with Crippen LogP contribution in [0.2, 0.25) is 0 Å². The SMILES string of the molecule is Cc1cc(C)cc(NC(=O)c2ccc(-c3cccc([N+](=O)[O-])c3)o2)c1. The average Bonchev–Trinajstić information content (AvgIpc) is 3.04. The van der Waals surface area contributed by atoms with Gasteiger partial charge in [-0.3, -0.25) is 14.9 Å². The Morgan fingerprint density at radius 3 is 2.44 bits per heavy atom. The maximum absolute atomic E-state index is 12.3. The molecule has 0 unspecified atom stereocenters. The molecule has 1 N–H and O–H groups in total. The summed E-state index contributed by atoms with van der Waals surface area (Å²) in [5.41, 5.74) is 3.30. The first-order valence-corrected chi connectivity index (χ1v) is 7.67. The van der Waals surface area contributed by atoms with Gasteiger partial charge in [-0.25, -0.2) is 0 Å². The fourth-order valence-electron chi connectivity index (χ4n) is 2.63. The summed E-state index contributed by atoms with van der Waals surface area (Å²) in [7, 11) is 0. The van der Waals surface area contributed by atoms with E-state index in [4.69, 9.17) is 4.42 Å². The van der Waals surface area contributed by atoms with Crippen LogP contribution in [-0.2, 0) is 0 Å². The lowest BCUT2D eigenvalue weighted by atomic mass is 10.1. The van der Waals surface area contributed by atoms with Gasteiger partial charge in [0.2, 0.25) is 0 Å². The number of nitrogens with one attached hydrogen (secondary N) is 1. The van der Waals surface area contributed by atoms with Gasteiger partial charge in [0.15, 0.2) is 5.76 Å². The summed E-state index contributed by atoms with van der Waals surface area (Å²) in [6.07, 6.45) is 0. The van der Waals surface area contributed by atoms with Gasteiger partial charge in [0.05, 0.1) is 4.92 Å². The fourth-order valence-corrected chi connectivity index (χ4v) is 2.63. The fraction of sp³-hybridized carbons (Fsp3) is 0.105. The molecule has 3 rings (SSSR count). The van der Waals surface area contributed by atoms with Crippen molar-refractivity contribution in [3.05, 3.63) is 81.6 Å². The quantitative estimate of drug-likeness (QED) is 0.551. The van der Waals surface area contributed by atoms with E-state index in [1.807, 2.05) is 32.0 Å². The smallest absolute Gasteiger partial charge is 0.291 e. The largest absolute Gasteiger partial charge is 0.451 e. The Bertz CT molecular complexity index is 939. The summed E-state index contributed by atoms with van der Waals surface area (Å²) in [6.45, 7) is 3.91. The minimum absolute atomic E-state index is 0.0323. The Labute approximate surface area is 144 Å². The number of non-ortho nitro benzene ring substituents is 1. The summed E-state index contributed by atoms with van der Waals surface area (Å²) in [4.78, 5) is 22.7. The molecule has 126 valence electrons. The molecular weight excluding hydrogens is 320 g/mol. The second-order valence-electron chi connectivity index (χ2n) is 5.80. The topological polar surface area (TPSA) is 85.4 Å². The molecule has 3 aromatic rings. The molecule has 6 heteroatoms. The summed E-state index contributed by atoms with van der Waals surface area (Å²) in [5.74, 6) is 0.164. The molecule has 0 bridgehead atoms. The molecule has 0 aliphatic carbocycles. The van der Waals surface area contributed by atoms with Crippen LogP contribution in [-0.4, -0.2) is 10.8 Å². The van der Waals surface area contributed by atoms with E-state index in [1.54, 1.807) is 24.3 Å². The van der Waals surface area contributed by atoms with E-state index >= 15 is 0 Å². The molecule has 0 saturated carbocycles. The van der Waals surface area contributed by atoms with Crippen molar-refractivity contribution in [2.24, 2.45) is 0 Å². The highest BCUT2D eigenvalue weighted by Crippen LogP contribution is 2.26. The number of carbonyl (C=O) groups is 1. The number of carbonyl (C=O) groups excluding carboxylic acids is 1. The molecule has 0 aliphatic rings. The number of nitro groups is 1. The van der Waals surface area contributed by atoms with Crippen molar-refractivity contribution in [3.8, 4) is 11.3 Å². The zero-order chi connectivity index (χ0) is 18.0. The third kappa shape index (κ3) is 3.74. The monoisotopic (exact) mass is 336 g/mol. The highest BCUT2D eigenvalue weighted by molar-refractivity contribution is 6.02. The third-order valence-corrected chi connectivity index (χ3v) is 3.65. The van der Waals surface area contributed by atoms with Crippen molar-refractivity contribution in [1.29, 1.82) is 0 Å². The molecule has 0 spiro atoms. The van der Waals surface area contributed by atoms with E-state index in [9.17, 15) is 14.9 Å². The highest BCUT2D eigenvalue weighted by atomic mass is 16.6. The Morgan fingerprint density at radius 1 is 1.04 bits per heavy atom. The van der Waals surface area contributed by atoms with Gasteiger partial charge in [0, 0.05) is 23.4 Å². The molecule has 0 aliphatic heterocycles. The lowest BCUT2D eigenvalue weighted by Crippen LogP contribution is -2.11. The summed E-state index contributed by atoms with van der Waals surface area (Å²) >= 11 is 0. The second-order valence-corrected chi connectivity index (χ2v) is 5.80. The molecule has 0 atom stereocenters. The molecule has 2 aromatic carbocycles. The Hall–Kier alpha value is -3.41. The maximum atomic E-state index is 12.3. The minimum Gasteiger partial charge on any atom is -0.451 e. The number of anilines is 1. The standard InChI is InChI=1S/C19H16N2O4/c1-12-8-13(2)10-15(9-12)20-19(22)18-7-6-17(25-18)14-4-3-5-16(11-14)21(23)24/h3-11H,1-2H3,(H,20,22). The molecular formula is C19H16N2O4. The van der Waals surface area contributed by atoms with E-state index in [0.717, 1.165) is 11.1 Å². The van der Waals surface area contributed by atoms with Gasteiger partial charge < -0.3 is 9.73 Å². The summed E-state index contributed by atoms with van der Waals surface area (Å²) in [6, 6.07) is 15.0. The van der Waals surface area contributed by atoms with Gasteiger partial charge >= 0.3 is 0 Å². The maximum Gasteiger partial charge on any atom is 0.291 e. The molecule has 0 saturated heterocycles. The Morgan fingerprint density at radius 2 is 1.76 bits per heavy atom. The van der Waals surface area contributed by atoms with Crippen LogP contribution in [0, 0.1) is 24.0 Å². The lowest BCUT2D eigenvalue weighted by molar-refractivity contribution is -0.384. The van der Waals surface area contributed by atoms with Crippen molar-refractivity contribution in [1.82, 2.24) is 0 Å². The Kier molecular flexibility index (Phi) is 4.35. The molecule has 6 nitrogen and oxygen atoms in total. The minimum atomic E-state index is -0.472. The third-order valence-electron chi connectivity index (χ3n) is 3.65. The van der Waals surface area contributed by atoms with Crippen LogP contribution in [0.25, 0.3) is 11.3 Å². The second kappa shape index (κ2) is 6.60. The van der Waals surface area contributed by atoms with Crippen molar-refractivity contribution in [2.45, 2.75) is 13.8 Å². The molecule has 0 fully saturated rings. The van der Waals surface area contributed by atoms with E-state index in [2.05, 4.69) is 5.32 Å². The normalized spacial score (nSPS) is 10.5. The number of furan rings is 1. The first kappa shape index (κ1) is 16.4. The summed E-state index contributed by atoms with van der Waals surface area (Å²) in [5, 5.41) is 13.7. The van der Waals surface area contributed by atoms with E-state index < -0.39 is 4.92 Å². The predicted octanol–water partition coefficient (Wildman–Crippen LogP) is 4.72. The average molecular weight is 336 g/mol. The van der Waals surface area contributed by atoms with Crippen LogP contribution in [0.5, 0.6) is 0 Å². The van der Waals surface area contributed by atoms with Crippen molar-refractivity contribution >= 4 is 17.3 Å². The number of amides is 1.